The third-order valence-electron chi connectivity index (χ3n) is 5.66. The zero-order valence-electron chi connectivity index (χ0n) is 17.3. The highest BCUT2D eigenvalue weighted by Crippen LogP contribution is 2.25. The molecule has 0 atom stereocenters. The van der Waals surface area contributed by atoms with Gasteiger partial charge >= 0.3 is 0 Å². The van der Waals surface area contributed by atoms with Gasteiger partial charge in [0.05, 0.1) is 5.69 Å². The molecular weight excluding hydrogens is 368 g/mol. The summed E-state index contributed by atoms with van der Waals surface area (Å²) >= 11 is 6.09. The third kappa shape index (κ3) is 5.71. The van der Waals surface area contributed by atoms with Crippen LogP contribution in [0, 0.1) is 6.92 Å². The molecule has 0 unspecified atom stereocenters. The van der Waals surface area contributed by atoms with Gasteiger partial charge in [0.1, 0.15) is 5.76 Å². The van der Waals surface area contributed by atoms with Gasteiger partial charge in [-0.05, 0) is 74.8 Å². The molecule has 152 valence electrons. The summed E-state index contributed by atoms with van der Waals surface area (Å²) in [5.41, 5.74) is 6.50. The van der Waals surface area contributed by atoms with Crippen molar-refractivity contribution in [3.05, 3.63) is 57.4 Å². The average Bonchev–Trinajstić information content (AvgIpc) is 2.95. The first-order valence-corrected chi connectivity index (χ1v) is 11.2. The summed E-state index contributed by atoms with van der Waals surface area (Å²) in [5.74, 6) is 1.17. The molecule has 1 aliphatic carbocycles. The normalized spacial score (nSPS) is 16.5. The van der Waals surface area contributed by atoms with Crippen molar-refractivity contribution in [2.24, 2.45) is 0 Å². The number of benzene rings is 1. The molecule has 2 aliphatic rings. The lowest BCUT2D eigenvalue weighted by atomic mass is 9.99. The Morgan fingerprint density at radius 1 is 1.14 bits per heavy atom. The number of nitrogens with zero attached hydrogens (tertiary/aromatic N) is 1. The molecule has 3 nitrogen and oxygen atoms in total. The molecular formula is C24H33ClN2O. The second-order valence-corrected chi connectivity index (χ2v) is 8.25. The maximum Gasteiger partial charge on any atom is 0.140 e. The van der Waals surface area contributed by atoms with Crippen molar-refractivity contribution in [2.45, 2.75) is 71.6 Å². The van der Waals surface area contributed by atoms with E-state index in [0.29, 0.717) is 0 Å². The van der Waals surface area contributed by atoms with Crippen LogP contribution in [-0.4, -0.2) is 18.2 Å². The summed E-state index contributed by atoms with van der Waals surface area (Å²) in [5, 5.41) is 8.36. The lowest BCUT2D eigenvalue weighted by Gasteiger charge is -2.14. The maximum atomic E-state index is 6.09. The minimum Gasteiger partial charge on any atom is -0.361 e. The molecule has 0 bridgehead atoms. The van der Waals surface area contributed by atoms with Crippen LogP contribution in [0.25, 0.3) is 5.57 Å². The van der Waals surface area contributed by atoms with Crippen molar-refractivity contribution in [3.63, 3.8) is 0 Å². The Bertz CT molecular complexity index is 794. The van der Waals surface area contributed by atoms with Crippen LogP contribution in [0.4, 0.5) is 0 Å². The Labute approximate surface area is 174 Å². The SMILES string of the molecule is CCCCc1onc2c1CCCCC2.Cc1ccc(C2=CCNCC2)cc1Cl. The first-order valence-electron chi connectivity index (χ1n) is 10.8. The minimum atomic E-state index is 0.863. The van der Waals surface area contributed by atoms with Crippen LogP contribution in [0.2, 0.25) is 5.02 Å². The van der Waals surface area contributed by atoms with Crippen molar-refractivity contribution in [2.75, 3.05) is 13.1 Å². The van der Waals surface area contributed by atoms with E-state index in [9.17, 15) is 0 Å². The van der Waals surface area contributed by atoms with E-state index in [1.54, 1.807) is 0 Å². The zero-order valence-corrected chi connectivity index (χ0v) is 18.1. The number of rotatable bonds is 4. The van der Waals surface area contributed by atoms with Gasteiger partial charge < -0.3 is 9.84 Å². The number of hydrogen-bond donors (Lipinski definition) is 1. The number of halogens is 1. The van der Waals surface area contributed by atoms with Gasteiger partial charge in [-0.15, -0.1) is 0 Å². The molecule has 0 radical (unpaired) electrons. The molecule has 4 heteroatoms. The van der Waals surface area contributed by atoms with Gasteiger partial charge in [-0.25, -0.2) is 0 Å². The van der Waals surface area contributed by atoms with Crippen molar-refractivity contribution >= 4 is 17.2 Å². The molecule has 1 aromatic heterocycles. The van der Waals surface area contributed by atoms with Gasteiger partial charge in [0, 0.05) is 23.6 Å². The predicted octanol–water partition coefficient (Wildman–Crippen LogP) is 6.31. The standard InChI is InChI=1S/C12H14ClN.C12H19NO/c1-9-2-3-11(8-12(9)13)10-4-6-14-7-5-10;1-2-3-9-12-10-7-5-4-6-8-11(10)13-14-12/h2-4,8,14H,5-7H2,1H3;2-9H2,1H3. The van der Waals surface area contributed by atoms with Crippen LogP contribution in [0.1, 0.15) is 73.6 Å². The molecule has 2 heterocycles. The molecule has 0 fully saturated rings. The molecule has 0 saturated carbocycles. The fourth-order valence-corrected chi connectivity index (χ4v) is 4.02. The summed E-state index contributed by atoms with van der Waals surface area (Å²) in [6.07, 6.45) is 13.1. The molecule has 1 aliphatic heterocycles. The van der Waals surface area contributed by atoms with Gasteiger partial charge in [0.2, 0.25) is 0 Å². The number of fused-ring (bicyclic) bond motifs is 1. The molecule has 1 aromatic carbocycles. The second-order valence-electron chi connectivity index (χ2n) is 7.84. The molecule has 28 heavy (non-hydrogen) atoms. The summed E-state index contributed by atoms with van der Waals surface area (Å²) < 4.78 is 5.43. The van der Waals surface area contributed by atoms with E-state index in [1.165, 1.54) is 66.7 Å². The highest BCUT2D eigenvalue weighted by Gasteiger charge is 2.17. The van der Waals surface area contributed by atoms with E-state index in [0.717, 1.165) is 42.9 Å². The van der Waals surface area contributed by atoms with Crippen molar-refractivity contribution < 1.29 is 4.52 Å². The van der Waals surface area contributed by atoms with Gasteiger partial charge in [-0.2, -0.15) is 0 Å². The monoisotopic (exact) mass is 400 g/mol. The van der Waals surface area contributed by atoms with E-state index in [2.05, 4.69) is 41.7 Å². The van der Waals surface area contributed by atoms with Crippen LogP contribution in [0.5, 0.6) is 0 Å². The van der Waals surface area contributed by atoms with Crippen LogP contribution < -0.4 is 5.32 Å². The smallest absolute Gasteiger partial charge is 0.140 e. The van der Waals surface area contributed by atoms with E-state index in [1.807, 2.05) is 6.92 Å². The first kappa shape index (κ1) is 21.1. The van der Waals surface area contributed by atoms with Gasteiger partial charge in [-0.3, -0.25) is 0 Å². The van der Waals surface area contributed by atoms with Crippen molar-refractivity contribution in [1.82, 2.24) is 10.5 Å². The quantitative estimate of drug-likeness (QED) is 0.611. The van der Waals surface area contributed by atoms with Crippen molar-refractivity contribution in [3.8, 4) is 0 Å². The van der Waals surface area contributed by atoms with E-state index < -0.39 is 0 Å². The fourth-order valence-electron chi connectivity index (χ4n) is 3.84. The fraction of sp³-hybridized carbons (Fsp3) is 0.542. The number of hydrogen-bond acceptors (Lipinski definition) is 3. The Morgan fingerprint density at radius 2 is 2.00 bits per heavy atom. The first-order chi connectivity index (χ1) is 13.7. The predicted molar refractivity (Wildman–Crippen MR) is 118 cm³/mol. The van der Waals surface area contributed by atoms with Crippen LogP contribution in [0.3, 0.4) is 0 Å². The van der Waals surface area contributed by atoms with E-state index in [4.69, 9.17) is 16.1 Å². The molecule has 4 rings (SSSR count). The maximum absolute atomic E-state index is 6.09. The Kier molecular flexibility index (Phi) is 8.17. The second kappa shape index (κ2) is 10.8. The number of nitrogens with one attached hydrogen (secondary N) is 1. The number of aryl methyl sites for hydroxylation is 3. The van der Waals surface area contributed by atoms with E-state index >= 15 is 0 Å². The summed E-state index contributed by atoms with van der Waals surface area (Å²) in [6.45, 7) is 6.29. The average molecular weight is 401 g/mol. The van der Waals surface area contributed by atoms with E-state index in [-0.39, 0.29) is 0 Å². The lowest BCUT2D eigenvalue weighted by molar-refractivity contribution is 0.371. The number of unbranched alkanes of at least 4 members (excludes halogenated alkanes) is 1. The topological polar surface area (TPSA) is 38.1 Å². The van der Waals surface area contributed by atoms with Crippen LogP contribution in [0.15, 0.2) is 28.8 Å². The third-order valence-corrected chi connectivity index (χ3v) is 6.06. The summed E-state index contributed by atoms with van der Waals surface area (Å²) in [4.78, 5) is 0. The zero-order chi connectivity index (χ0) is 19.8. The highest BCUT2D eigenvalue weighted by molar-refractivity contribution is 6.31. The lowest BCUT2D eigenvalue weighted by Crippen LogP contribution is -2.19. The van der Waals surface area contributed by atoms with Crippen LogP contribution in [-0.2, 0) is 19.3 Å². The molecule has 0 spiro atoms. The Hall–Kier alpha value is -1.58. The van der Waals surface area contributed by atoms with Crippen molar-refractivity contribution in [1.29, 1.82) is 0 Å². The Morgan fingerprint density at radius 3 is 2.75 bits per heavy atom. The summed E-state index contributed by atoms with van der Waals surface area (Å²) in [7, 11) is 0. The van der Waals surface area contributed by atoms with Gasteiger partial charge in [0.25, 0.3) is 0 Å². The van der Waals surface area contributed by atoms with Crippen LogP contribution >= 0.6 is 11.6 Å². The highest BCUT2D eigenvalue weighted by atomic mass is 35.5. The largest absolute Gasteiger partial charge is 0.361 e. The molecule has 1 N–H and O–H groups in total. The molecule has 2 aromatic rings. The van der Waals surface area contributed by atoms with Gasteiger partial charge in [-0.1, -0.05) is 54.7 Å². The van der Waals surface area contributed by atoms with Gasteiger partial charge in [0.15, 0.2) is 0 Å². The minimum absolute atomic E-state index is 0.863. The Balaban J connectivity index is 0.000000161. The molecule has 0 saturated heterocycles. The summed E-state index contributed by atoms with van der Waals surface area (Å²) in [6, 6.07) is 6.30. The number of aromatic nitrogens is 1. The molecule has 0 amide bonds.